The van der Waals surface area contributed by atoms with Crippen molar-refractivity contribution in [1.29, 1.82) is 0 Å². The molecule has 1 unspecified atom stereocenters. The third-order valence-corrected chi connectivity index (χ3v) is 5.14. The predicted molar refractivity (Wildman–Crippen MR) is 63.8 cm³/mol. The lowest BCUT2D eigenvalue weighted by molar-refractivity contribution is 0.531. The molecular weight excluding hydrogens is 266 g/mol. The SMILES string of the molecule is Brc1ccc(SC2CCCNC2)s1. The van der Waals surface area contributed by atoms with Gasteiger partial charge in [0.15, 0.2) is 0 Å². The molecule has 1 atom stereocenters. The molecule has 0 radical (unpaired) electrons. The van der Waals surface area contributed by atoms with Crippen LogP contribution in [0, 0.1) is 0 Å². The van der Waals surface area contributed by atoms with Crippen molar-refractivity contribution in [3.8, 4) is 0 Å². The van der Waals surface area contributed by atoms with Crippen LogP contribution in [0.3, 0.4) is 0 Å². The molecule has 0 aromatic carbocycles. The summed E-state index contributed by atoms with van der Waals surface area (Å²) in [7, 11) is 0. The van der Waals surface area contributed by atoms with E-state index in [0.717, 1.165) is 5.25 Å². The van der Waals surface area contributed by atoms with Crippen LogP contribution in [-0.2, 0) is 0 Å². The first kappa shape index (κ1) is 10.0. The lowest BCUT2D eigenvalue weighted by Gasteiger charge is -2.21. The van der Waals surface area contributed by atoms with Crippen LogP contribution in [0.5, 0.6) is 0 Å². The van der Waals surface area contributed by atoms with E-state index in [9.17, 15) is 0 Å². The largest absolute Gasteiger partial charge is 0.316 e. The number of piperidine rings is 1. The van der Waals surface area contributed by atoms with Gasteiger partial charge in [-0.05, 0) is 47.4 Å². The van der Waals surface area contributed by atoms with Gasteiger partial charge in [-0.2, -0.15) is 0 Å². The van der Waals surface area contributed by atoms with Crippen molar-refractivity contribution in [1.82, 2.24) is 5.32 Å². The maximum absolute atomic E-state index is 3.49. The Balaban J connectivity index is 1.89. The van der Waals surface area contributed by atoms with Crippen LogP contribution in [-0.4, -0.2) is 18.3 Å². The summed E-state index contributed by atoms with van der Waals surface area (Å²) in [6.45, 7) is 2.37. The first-order chi connectivity index (χ1) is 6.34. The molecule has 2 rings (SSSR count). The lowest BCUT2D eigenvalue weighted by atomic mass is 10.2. The highest BCUT2D eigenvalue weighted by molar-refractivity contribution is 9.11. The predicted octanol–water partition coefficient (Wildman–Crippen LogP) is 3.35. The Hall–Kier alpha value is 0.490. The second kappa shape index (κ2) is 4.82. The second-order valence-corrected chi connectivity index (χ2v) is 7.21. The Labute approximate surface area is 95.4 Å². The van der Waals surface area contributed by atoms with Crippen molar-refractivity contribution in [3.63, 3.8) is 0 Å². The number of nitrogens with one attached hydrogen (secondary N) is 1. The summed E-state index contributed by atoms with van der Waals surface area (Å²) in [5.41, 5.74) is 0. The van der Waals surface area contributed by atoms with Gasteiger partial charge in [0.1, 0.15) is 0 Å². The second-order valence-electron chi connectivity index (χ2n) is 3.14. The topological polar surface area (TPSA) is 12.0 Å². The van der Waals surface area contributed by atoms with Crippen molar-refractivity contribution in [3.05, 3.63) is 15.9 Å². The molecule has 2 heterocycles. The summed E-state index contributed by atoms with van der Waals surface area (Å²) in [6.07, 6.45) is 2.68. The molecule has 0 bridgehead atoms. The smallest absolute Gasteiger partial charge is 0.0710 e. The van der Waals surface area contributed by atoms with E-state index in [-0.39, 0.29) is 0 Å². The molecule has 1 aliphatic heterocycles. The van der Waals surface area contributed by atoms with Gasteiger partial charge in [0.25, 0.3) is 0 Å². The molecule has 1 aliphatic rings. The Morgan fingerprint density at radius 2 is 2.46 bits per heavy atom. The Bertz CT molecular complexity index is 268. The van der Waals surface area contributed by atoms with Crippen LogP contribution in [0.25, 0.3) is 0 Å². The van der Waals surface area contributed by atoms with Gasteiger partial charge in [-0.25, -0.2) is 0 Å². The van der Waals surface area contributed by atoms with Crippen molar-refractivity contribution in [2.24, 2.45) is 0 Å². The van der Waals surface area contributed by atoms with E-state index in [4.69, 9.17) is 0 Å². The summed E-state index contributed by atoms with van der Waals surface area (Å²) in [5.74, 6) is 0. The van der Waals surface area contributed by atoms with Crippen LogP contribution in [0.1, 0.15) is 12.8 Å². The monoisotopic (exact) mass is 277 g/mol. The fraction of sp³-hybridized carbons (Fsp3) is 0.556. The van der Waals surface area contributed by atoms with Gasteiger partial charge in [-0.15, -0.1) is 23.1 Å². The molecule has 0 aliphatic carbocycles. The van der Waals surface area contributed by atoms with Gasteiger partial charge in [0.05, 0.1) is 8.00 Å². The highest BCUT2D eigenvalue weighted by Gasteiger charge is 2.14. The van der Waals surface area contributed by atoms with Crippen LogP contribution < -0.4 is 5.32 Å². The van der Waals surface area contributed by atoms with Crippen molar-refractivity contribution in [2.75, 3.05) is 13.1 Å². The Morgan fingerprint density at radius 1 is 1.54 bits per heavy atom. The van der Waals surface area contributed by atoms with Gasteiger partial charge in [-0.1, -0.05) is 0 Å². The van der Waals surface area contributed by atoms with E-state index in [1.54, 1.807) is 0 Å². The number of hydrogen-bond acceptors (Lipinski definition) is 3. The first-order valence-corrected chi connectivity index (χ1v) is 6.96. The Morgan fingerprint density at radius 3 is 3.08 bits per heavy atom. The molecule has 1 aromatic rings. The minimum Gasteiger partial charge on any atom is -0.316 e. The number of halogens is 1. The molecule has 0 spiro atoms. The standard InChI is InChI=1S/C9H12BrNS2/c10-8-3-4-9(13-8)12-7-2-1-5-11-6-7/h3-4,7,11H,1-2,5-6H2. The maximum atomic E-state index is 3.49. The van der Waals surface area contributed by atoms with Gasteiger partial charge in [0, 0.05) is 11.8 Å². The minimum atomic E-state index is 0.777. The average molecular weight is 278 g/mol. The number of hydrogen-bond donors (Lipinski definition) is 1. The summed E-state index contributed by atoms with van der Waals surface area (Å²) in [6, 6.07) is 4.33. The fourth-order valence-electron chi connectivity index (χ4n) is 1.45. The first-order valence-electron chi connectivity index (χ1n) is 4.47. The molecule has 1 saturated heterocycles. The van der Waals surface area contributed by atoms with Crippen molar-refractivity contribution in [2.45, 2.75) is 22.3 Å². The molecule has 1 nitrogen and oxygen atoms in total. The molecule has 13 heavy (non-hydrogen) atoms. The third kappa shape index (κ3) is 2.98. The van der Waals surface area contributed by atoms with E-state index < -0.39 is 0 Å². The van der Waals surface area contributed by atoms with Gasteiger partial charge < -0.3 is 5.32 Å². The molecule has 72 valence electrons. The zero-order valence-corrected chi connectivity index (χ0v) is 10.5. The molecule has 1 N–H and O–H groups in total. The van der Waals surface area contributed by atoms with Crippen LogP contribution in [0.4, 0.5) is 0 Å². The third-order valence-electron chi connectivity index (χ3n) is 2.08. The molecule has 0 saturated carbocycles. The normalized spacial score (nSPS) is 23.3. The highest BCUT2D eigenvalue weighted by Crippen LogP contribution is 2.34. The van der Waals surface area contributed by atoms with E-state index in [1.807, 2.05) is 23.1 Å². The number of thioether (sulfide) groups is 1. The van der Waals surface area contributed by atoms with Gasteiger partial charge in [-0.3, -0.25) is 0 Å². The van der Waals surface area contributed by atoms with Crippen molar-refractivity contribution < 1.29 is 0 Å². The molecule has 1 fully saturated rings. The summed E-state index contributed by atoms with van der Waals surface area (Å²) in [4.78, 5) is 0. The zero-order valence-electron chi connectivity index (χ0n) is 7.25. The van der Waals surface area contributed by atoms with Crippen LogP contribution in [0.15, 0.2) is 20.1 Å². The highest BCUT2D eigenvalue weighted by atomic mass is 79.9. The zero-order chi connectivity index (χ0) is 9.10. The van der Waals surface area contributed by atoms with E-state index in [2.05, 4.69) is 33.4 Å². The van der Waals surface area contributed by atoms with Crippen molar-refractivity contribution >= 4 is 39.0 Å². The minimum absolute atomic E-state index is 0.777. The summed E-state index contributed by atoms with van der Waals surface area (Å²) in [5, 5.41) is 4.21. The van der Waals surface area contributed by atoms with Gasteiger partial charge >= 0.3 is 0 Å². The number of rotatable bonds is 2. The summed E-state index contributed by atoms with van der Waals surface area (Å²) < 4.78 is 2.67. The molecule has 4 heteroatoms. The van der Waals surface area contributed by atoms with Gasteiger partial charge in [0.2, 0.25) is 0 Å². The molecule has 1 aromatic heterocycles. The van der Waals surface area contributed by atoms with E-state index >= 15 is 0 Å². The lowest BCUT2D eigenvalue weighted by Crippen LogP contribution is -2.31. The number of thiophene rings is 1. The average Bonchev–Trinajstić information content (AvgIpc) is 2.53. The summed E-state index contributed by atoms with van der Waals surface area (Å²) >= 11 is 7.33. The maximum Gasteiger partial charge on any atom is 0.0710 e. The fourth-order valence-corrected chi connectivity index (χ4v) is 4.72. The van der Waals surface area contributed by atoms with Crippen LogP contribution in [0.2, 0.25) is 0 Å². The molecule has 0 amide bonds. The molecular formula is C9H12BrNS2. The Kier molecular flexibility index (Phi) is 3.72. The van der Waals surface area contributed by atoms with Crippen LogP contribution >= 0.6 is 39.0 Å². The van der Waals surface area contributed by atoms with E-state index in [1.165, 1.54) is 33.9 Å². The van der Waals surface area contributed by atoms with E-state index in [0.29, 0.717) is 0 Å². The quantitative estimate of drug-likeness (QED) is 0.890.